The van der Waals surface area contributed by atoms with Crippen LogP contribution in [-0.2, 0) is 0 Å². The molecule has 1 atom stereocenters. The Morgan fingerprint density at radius 2 is 2.50 bits per heavy atom. The maximum absolute atomic E-state index is 3.83. The van der Waals surface area contributed by atoms with Crippen molar-refractivity contribution in [1.82, 2.24) is 0 Å². The first-order valence-electron chi connectivity index (χ1n) is 2.94. The third-order valence-corrected chi connectivity index (χ3v) is 1.43. The van der Waals surface area contributed by atoms with Crippen LogP contribution < -0.4 is 0 Å². The molecule has 0 saturated carbocycles. The van der Waals surface area contributed by atoms with Gasteiger partial charge in [0.25, 0.3) is 0 Å². The Labute approximate surface area is 50.6 Å². The molecular formula is C8H10. The van der Waals surface area contributed by atoms with E-state index in [1.807, 2.05) is 6.92 Å². The summed E-state index contributed by atoms with van der Waals surface area (Å²) in [5, 5.41) is 0. The highest BCUT2D eigenvalue weighted by Crippen LogP contribution is 2.17. The zero-order valence-electron chi connectivity index (χ0n) is 5.20. The second kappa shape index (κ2) is 2.05. The lowest BCUT2D eigenvalue weighted by atomic mass is 10.0. The molecule has 1 aliphatic carbocycles. The molecule has 0 bridgehead atoms. The maximum Gasteiger partial charge on any atom is 0.0415 e. The molecule has 1 rings (SSSR count). The number of hydrogen-bond donors (Lipinski definition) is 0. The lowest BCUT2D eigenvalue weighted by molar-refractivity contribution is 0.744. The lowest BCUT2D eigenvalue weighted by Gasteiger charge is -2.01. The van der Waals surface area contributed by atoms with Crippen LogP contribution >= 0.6 is 0 Å². The van der Waals surface area contributed by atoms with Gasteiger partial charge in [0.05, 0.1) is 0 Å². The minimum atomic E-state index is 0.509. The van der Waals surface area contributed by atoms with Crippen molar-refractivity contribution in [2.75, 3.05) is 0 Å². The van der Waals surface area contributed by atoms with Gasteiger partial charge in [-0.05, 0) is 13.3 Å². The van der Waals surface area contributed by atoms with Gasteiger partial charge < -0.3 is 0 Å². The van der Waals surface area contributed by atoms with E-state index in [4.69, 9.17) is 0 Å². The fourth-order valence-corrected chi connectivity index (χ4v) is 0.854. The third-order valence-electron chi connectivity index (χ3n) is 1.43. The second-order valence-corrected chi connectivity index (χ2v) is 2.26. The molecule has 0 N–H and O–H groups in total. The van der Waals surface area contributed by atoms with Crippen LogP contribution in [0.15, 0.2) is 12.2 Å². The SMILES string of the molecule is C=C(C)[C@H]1C#CCC1. The van der Waals surface area contributed by atoms with Crippen molar-refractivity contribution >= 4 is 0 Å². The summed E-state index contributed by atoms with van der Waals surface area (Å²) >= 11 is 0. The van der Waals surface area contributed by atoms with E-state index in [0.717, 1.165) is 6.42 Å². The first kappa shape index (κ1) is 5.44. The van der Waals surface area contributed by atoms with Crippen molar-refractivity contribution in [3.05, 3.63) is 12.2 Å². The summed E-state index contributed by atoms with van der Waals surface area (Å²) in [6, 6.07) is 0. The van der Waals surface area contributed by atoms with Gasteiger partial charge >= 0.3 is 0 Å². The summed E-state index contributed by atoms with van der Waals surface area (Å²) < 4.78 is 0. The molecular weight excluding hydrogens is 96.1 g/mol. The molecule has 0 unspecified atom stereocenters. The Bertz CT molecular complexity index is 155. The van der Waals surface area contributed by atoms with E-state index in [1.54, 1.807) is 0 Å². The van der Waals surface area contributed by atoms with E-state index >= 15 is 0 Å². The summed E-state index contributed by atoms with van der Waals surface area (Å²) in [5.41, 5.74) is 1.22. The van der Waals surface area contributed by atoms with E-state index in [9.17, 15) is 0 Å². The molecule has 0 heteroatoms. The monoisotopic (exact) mass is 106 g/mol. The van der Waals surface area contributed by atoms with E-state index in [0.29, 0.717) is 5.92 Å². The Balaban J connectivity index is 2.53. The highest BCUT2D eigenvalue weighted by atomic mass is 14.1. The minimum absolute atomic E-state index is 0.509. The van der Waals surface area contributed by atoms with Crippen LogP contribution in [0, 0.1) is 17.8 Å². The van der Waals surface area contributed by atoms with Crippen LogP contribution in [0.4, 0.5) is 0 Å². The zero-order chi connectivity index (χ0) is 5.98. The van der Waals surface area contributed by atoms with Crippen LogP contribution in [-0.4, -0.2) is 0 Å². The number of allylic oxidation sites excluding steroid dienone is 1. The lowest BCUT2D eigenvalue weighted by Crippen LogP contribution is -1.91. The molecule has 0 nitrogen and oxygen atoms in total. The smallest absolute Gasteiger partial charge is 0.0415 e. The maximum atomic E-state index is 3.83. The molecule has 1 aliphatic rings. The standard InChI is InChI=1S/C8H10/c1-7(2)8-5-3-4-6-8/h8H,1,3,5H2,2H3/t8-/m1/s1. The molecule has 0 saturated heterocycles. The second-order valence-electron chi connectivity index (χ2n) is 2.26. The molecule has 0 fully saturated rings. The highest BCUT2D eigenvalue weighted by molar-refractivity contribution is 5.20. The molecule has 0 spiro atoms. The molecule has 0 heterocycles. The van der Waals surface area contributed by atoms with Crippen LogP contribution in [0.2, 0.25) is 0 Å². The Morgan fingerprint density at radius 3 is 2.75 bits per heavy atom. The van der Waals surface area contributed by atoms with Crippen molar-refractivity contribution in [1.29, 1.82) is 0 Å². The van der Waals surface area contributed by atoms with Gasteiger partial charge in [0.2, 0.25) is 0 Å². The minimum Gasteiger partial charge on any atom is -0.103 e. The van der Waals surface area contributed by atoms with Gasteiger partial charge in [0.1, 0.15) is 0 Å². The first-order valence-corrected chi connectivity index (χ1v) is 2.94. The van der Waals surface area contributed by atoms with Gasteiger partial charge in [0, 0.05) is 12.3 Å². The van der Waals surface area contributed by atoms with Gasteiger partial charge in [-0.2, -0.15) is 0 Å². The normalized spacial score (nSPS) is 24.4. The van der Waals surface area contributed by atoms with E-state index < -0.39 is 0 Å². The van der Waals surface area contributed by atoms with Gasteiger partial charge in [-0.25, -0.2) is 0 Å². The topological polar surface area (TPSA) is 0 Å². The third kappa shape index (κ3) is 0.924. The largest absolute Gasteiger partial charge is 0.103 e. The van der Waals surface area contributed by atoms with Crippen LogP contribution in [0.1, 0.15) is 19.8 Å². The van der Waals surface area contributed by atoms with Crippen molar-refractivity contribution in [3.8, 4) is 11.8 Å². The van der Waals surface area contributed by atoms with Crippen LogP contribution in [0.25, 0.3) is 0 Å². The molecule has 0 amide bonds. The molecule has 8 heavy (non-hydrogen) atoms. The summed E-state index contributed by atoms with van der Waals surface area (Å²) in [6.07, 6.45) is 2.24. The van der Waals surface area contributed by atoms with Gasteiger partial charge in [0.15, 0.2) is 0 Å². The van der Waals surface area contributed by atoms with Crippen molar-refractivity contribution in [3.63, 3.8) is 0 Å². The summed E-state index contributed by atoms with van der Waals surface area (Å²) in [5.74, 6) is 6.66. The molecule has 42 valence electrons. The fraction of sp³-hybridized carbons (Fsp3) is 0.500. The number of hydrogen-bond acceptors (Lipinski definition) is 0. The van der Waals surface area contributed by atoms with E-state index in [1.165, 1.54) is 12.0 Å². The summed E-state index contributed by atoms with van der Waals surface area (Å²) in [7, 11) is 0. The Morgan fingerprint density at radius 1 is 1.75 bits per heavy atom. The van der Waals surface area contributed by atoms with Gasteiger partial charge in [-0.1, -0.05) is 18.1 Å². The highest BCUT2D eigenvalue weighted by Gasteiger charge is 2.07. The van der Waals surface area contributed by atoms with E-state index in [-0.39, 0.29) is 0 Å². The Hall–Kier alpha value is -0.700. The van der Waals surface area contributed by atoms with Crippen molar-refractivity contribution < 1.29 is 0 Å². The van der Waals surface area contributed by atoms with E-state index in [2.05, 4.69) is 18.4 Å². The average molecular weight is 106 g/mol. The van der Waals surface area contributed by atoms with Crippen LogP contribution in [0.5, 0.6) is 0 Å². The molecule has 0 aromatic rings. The first-order chi connectivity index (χ1) is 3.80. The molecule has 0 radical (unpaired) electrons. The van der Waals surface area contributed by atoms with Gasteiger partial charge in [-0.3, -0.25) is 0 Å². The summed E-state index contributed by atoms with van der Waals surface area (Å²) in [4.78, 5) is 0. The quantitative estimate of drug-likeness (QED) is 0.354. The summed E-state index contributed by atoms with van der Waals surface area (Å²) in [6.45, 7) is 5.88. The molecule has 0 aliphatic heterocycles. The van der Waals surface area contributed by atoms with Crippen LogP contribution in [0.3, 0.4) is 0 Å². The van der Waals surface area contributed by atoms with Crippen molar-refractivity contribution in [2.24, 2.45) is 5.92 Å². The number of rotatable bonds is 1. The molecule has 0 aromatic carbocycles. The predicted octanol–water partition coefficient (Wildman–Crippen LogP) is 1.98. The fourth-order valence-electron chi connectivity index (χ4n) is 0.854. The zero-order valence-corrected chi connectivity index (χ0v) is 5.20. The van der Waals surface area contributed by atoms with Gasteiger partial charge in [-0.15, -0.1) is 5.92 Å². The molecule has 0 aromatic heterocycles. The van der Waals surface area contributed by atoms with Crippen molar-refractivity contribution in [2.45, 2.75) is 19.8 Å². The predicted molar refractivity (Wildman–Crippen MR) is 35.3 cm³/mol. The average Bonchev–Trinajstić information content (AvgIpc) is 2.12. The Kier molecular flexibility index (Phi) is 1.39.